The third-order valence-corrected chi connectivity index (χ3v) is 4.49. The second-order valence-electron chi connectivity index (χ2n) is 4.76. The van der Waals surface area contributed by atoms with Crippen LogP contribution in [0.5, 0.6) is 5.88 Å². The number of anilines is 2. The lowest BCUT2D eigenvalue weighted by atomic mass is 9.94. The van der Waals surface area contributed by atoms with Crippen LogP contribution in [0.2, 0.25) is 0 Å². The minimum atomic E-state index is 0.275. The van der Waals surface area contributed by atoms with Gasteiger partial charge in [0.15, 0.2) is 5.82 Å². The van der Waals surface area contributed by atoms with E-state index in [0.717, 1.165) is 6.42 Å². The van der Waals surface area contributed by atoms with E-state index in [1.165, 1.54) is 29.6 Å². The zero-order valence-electron chi connectivity index (χ0n) is 11.4. The number of nitrogens with zero attached hydrogens (tertiary/aromatic N) is 2. The lowest BCUT2D eigenvalue weighted by Crippen LogP contribution is -2.17. The quantitative estimate of drug-likeness (QED) is 0.905. The molecule has 1 atom stereocenters. The van der Waals surface area contributed by atoms with Crippen molar-refractivity contribution >= 4 is 22.8 Å². The fourth-order valence-corrected chi connectivity index (χ4v) is 3.54. The van der Waals surface area contributed by atoms with E-state index in [0.29, 0.717) is 24.0 Å². The Bertz CT molecular complexity index is 599. The number of rotatable bonds is 4. The number of ether oxygens (including phenoxy) is 1. The van der Waals surface area contributed by atoms with E-state index < -0.39 is 0 Å². The van der Waals surface area contributed by atoms with Gasteiger partial charge in [-0.2, -0.15) is 4.98 Å². The van der Waals surface area contributed by atoms with Crippen molar-refractivity contribution < 1.29 is 4.74 Å². The van der Waals surface area contributed by atoms with Gasteiger partial charge in [0.05, 0.1) is 12.6 Å². The van der Waals surface area contributed by atoms with Gasteiger partial charge in [0, 0.05) is 4.88 Å². The molecule has 6 heteroatoms. The van der Waals surface area contributed by atoms with Gasteiger partial charge in [-0.25, -0.2) is 4.98 Å². The molecule has 0 fully saturated rings. The molecule has 1 aliphatic carbocycles. The van der Waals surface area contributed by atoms with Crippen LogP contribution in [0.25, 0.3) is 0 Å². The summed E-state index contributed by atoms with van der Waals surface area (Å²) >= 11 is 1.83. The van der Waals surface area contributed by atoms with Crippen LogP contribution in [0.1, 0.15) is 36.2 Å². The number of aryl methyl sites for hydroxylation is 1. The van der Waals surface area contributed by atoms with Crippen LogP contribution in [-0.4, -0.2) is 16.6 Å². The summed E-state index contributed by atoms with van der Waals surface area (Å²) in [5.74, 6) is 1.11. The predicted molar refractivity (Wildman–Crippen MR) is 81.2 cm³/mol. The maximum atomic E-state index is 6.07. The third kappa shape index (κ3) is 2.43. The highest BCUT2D eigenvalue weighted by Crippen LogP contribution is 2.37. The van der Waals surface area contributed by atoms with Crippen LogP contribution in [0.3, 0.4) is 0 Å². The molecule has 5 nitrogen and oxygen atoms in total. The van der Waals surface area contributed by atoms with Crippen molar-refractivity contribution in [2.24, 2.45) is 0 Å². The minimum absolute atomic E-state index is 0.275. The van der Waals surface area contributed by atoms with Crippen LogP contribution in [0.15, 0.2) is 17.8 Å². The molecule has 2 aromatic heterocycles. The Labute approximate surface area is 122 Å². The maximum Gasteiger partial charge on any atom is 0.242 e. The minimum Gasteiger partial charge on any atom is -0.476 e. The molecule has 0 amide bonds. The molecular weight excluding hydrogens is 272 g/mol. The normalized spacial score (nSPS) is 17.6. The molecule has 1 unspecified atom stereocenters. The van der Waals surface area contributed by atoms with Crippen LogP contribution in [-0.2, 0) is 6.42 Å². The fourth-order valence-electron chi connectivity index (χ4n) is 2.55. The summed E-state index contributed by atoms with van der Waals surface area (Å²) < 4.78 is 5.41. The van der Waals surface area contributed by atoms with E-state index in [2.05, 4.69) is 26.7 Å². The second-order valence-corrected chi connectivity index (χ2v) is 5.76. The van der Waals surface area contributed by atoms with Gasteiger partial charge in [0.1, 0.15) is 12.0 Å². The molecule has 3 N–H and O–H groups in total. The highest BCUT2D eigenvalue weighted by atomic mass is 32.1. The van der Waals surface area contributed by atoms with Crippen molar-refractivity contribution in [3.63, 3.8) is 0 Å². The largest absolute Gasteiger partial charge is 0.476 e. The summed E-state index contributed by atoms with van der Waals surface area (Å²) in [6.45, 7) is 2.45. The molecule has 0 radical (unpaired) electrons. The molecule has 3 rings (SSSR count). The van der Waals surface area contributed by atoms with Crippen LogP contribution in [0, 0.1) is 0 Å². The summed E-state index contributed by atoms with van der Waals surface area (Å²) in [7, 11) is 0. The average molecular weight is 290 g/mol. The highest BCUT2D eigenvalue weighted by Gasteiger charge is 2.22. The van der Waals surface area contributed by atoms with E-state index in [-0.39, 0.29) is 6.04 Å². The lowest BCUT2D eigenvalue weighted by molar-refractivity contribution is 0.328. The fraction of sp³-hybridized carbons (Fsp3) is 0.429. The molecule has 0 aromatic carbocycles. The Morgan fingerprint density at radius 2 is 2.40 bits per heavy atom. The van der Waals surface area contributed by atoms with Crippen LogP contribution in [0.4, 0.5) is 11.5 Å². The number of nitrogen functional groups attached to an aromatic ring is 1. The first-order valence-corrected chi connectivity index (χ1v) is 7.73. The number of hydrogen-bond donors (Lipinski definition) is 2. The monoisotopic (exact) mass is 290 g/mol. The second kappa shape index (κ2) is 5.66. The first kappa shape index (κ1) is 13.2. The number of nitrogens with two attached hydrogens (primary N) is 1. The van der Waals surface area contributed by atoms with Crippen LogP contribution >= 0.6 is 11.3 Å². The van der Waals surface area contributed by atoms with Gasteiger partial charge in [0.25, 0.3) is 0 Å². The zero-order valence-corrected chi connectivity index (χ0v) is 12.2. The first-order valence-electron chi connectivity index (χ1n) is 6.85. The molecule has 20 heavy (non-hydrogen) atoms. The SMILES string of the molecule is CCOc1ncnc(NC2CCCc3sccc32)c1N. The van der Waals surface area contributed by atoms with Gasteiger partial charge in [-0.05, 0) is 43.2 Å². The van der Waals surface area contributed by atoms with Gasteiger partial charge in [-0.3, -0.25) is 0 Å². The van der Waals surface area contributed by atoms with Crippen molar-refractivity contribution in [1.29, 1.82) is 0 Å². The molecular formula is C14H18N4OS. The van der Waals surface area contributed by atoms with Gasteiger partial charge in [0.2, 0.25) is 5.88 Å². The Hall–Kier alpha value is -1.82. The average Bonchev–Trinajstić information content (AvgIpc) is 2.93. The lowest BCUT2D eigenvalue weighted by Gasteiger charge is -2.24. The Morgan fingerprint density at radius 1 is 1.50 bits per heavy atom. The maximum absolute atomic E-state index is 6.07. The summed E-state index contributed by atoms with van der Waals surface area (Å²) in [5, 5.41) is 5.59. The summed E-state index contributed by atoms with van der Waals surface area (Å²) in [4.78, 5) is 9.77. The number of fused-ring (bicyclic) bond motifs is 1. The van der Waals surface area contributed by atoms with E-state index in [1.54, 1.807) is 0 Å². The Morgan fingerprint density at radius 3 is 3.25 bits per heavy atom. The van der Waals surface area contributed by atoms with E-state index in [1.807, 2.05) is 18.3 Å². The topological polar surface area (TPSA) is 73.1 Å². The van der Waals surface area contributed by atoms with Crippen molar-refractivity contribution in [1.82, 2.24) is 9.97 Å². The number of hydrogen-bond acceptors (Lipinski definition) is 6. The molecule has 0 aliphatic heterocycles. The molecule has 2 aromatic rings. The smallest absolute Gasteiger partial charge is 0.242 e. The van der Waals surface area contributed by atoms with Gasteiger partial charge >= 0.3 is 0 Å². The van der Waals surface area contributed by atoms with Crippen LogP contribution < -0.4 is 15.8 Å². The molecule has 106 valence electrons. The Kier molecular flexibility index (Phi) is 3.73. The highest BCUT2D eigenvalue weighted by molar-refractivity contribution is 7.10. The molecule has 0 spiro atoms. The van der Waals surface area contributed by atoms with Crippen molar-refractivity contribution in [2.45, 2.75) is 32.2 Å². The van der Waals surface area contributed by atoms with Crippen molar-refractivity contribution in [2.75, 3.05) is 17.7 Å². The number of aromatic nitrogens is 2. The standard InChI is InChI=1S/C14H18N4OS/c1-2-19-14-12(15)13(16-8-17-14)18-10-4-3-5-11-9(10)6-7-20-11/h6-8,10H,2-5,15H2,1H3,(H,16,17,18). The Balaban J connectivity index is 1.84. The summed E-state index contributed by atoms with van der Waals surface area (Å²) in [5.41, 5.74) is 7.93. The number of thiophene rings is 1. The van der Waals surface area contributed by atoms with Gasteiger partial charge in [-0.1, -0.05) is 0 Å². The predicted octanol–water partition coefficient (Wildman–Crippen LogP) is 3.01. The van der Waals surface area contributed by atoms with Crippen molar-refractivity contribution in [3.8, 4) is 5.88 Å². The van der Waals surface area contributed by atoms with E-state index >= 15 is 0 Å². The van der Waals surface area contributed by atoms with Gasteiger partial charge < -0.3 is 15.8 Å². The molecule has 1 aliphatic rings. The number of nitrogens with one attached hydrogen (secondary N) is 1. The van der Waals surface area contributed by atoms with E-state index in [9.17, 15) is 0 Å². The summed E-state index contributed by atoms with van der Waals surface area (Å²) in [6.07, 6.45) is 4.95. The van der Waals surface area contributed by atoms with Crippen molar-refractivity contribution in [3.05, 3.63) is 28.2 Å². The van der Waals surface area contributed by atoms with Gasteiger partial charge in [-0.15, -0.1) is 11.3 Å². The van der Waals surface area contributed by atoms with E-state index in [4.69, 9.17) is 10.5 Å². The third-order valence-electron chi connectivity index (χ3n) is 3.49. The molecule has 0 bridgehead atoms. The molecule has 0 saturated carbocycles. The first-order chi connectivity index (χ1) is 9.79. The summed E-state index contributed by atoms with van der Waals surface area (Å²) in [6, 6.07) is 2.47. The molecule has 0 saturated heterocycles. The zero-order chi connectivity index (χ0) is 13.9. The molecule has 2 heterocycles.